The van der Waals surface area contributed by atoms with Crippen molar-refractivity contribution in [2.45, 2.75) is 26.0 Å². The number of amides is 1. The van der Waals surface area contributed by atoms with E-state index in [0.29, 0.717) is 12.1 Å². The van der Waals surface area contributed by atoms with Gasteiger partial charge in [0.05, 0.1) is 12.4 Å². The maximum Gasteiger partial charge on any atom is 0.251 e. The highest BCUT2D eigenvalue weighted by molar-refractivity contribution is 5.94. The number of nitrogens with zero attached hydrogens (tertiary/aromatic N) is 2. The van der Waals surface area contributed by atoms with Crippen LogP contribution in [0.2, 0.25) is 0 Å². The highest BCUT2D eigenvalue weighted by Gasteiger charge is 2.18. The van der Waals surface area contributed by atoms with Gasteiger partial charge in [-0.3, -0.25) is 9.48 Å². The summed E-state index contributed by atoms with van der Waals surface area (Å²) in [7, 11) is 0. The van der Waals surface area contributed by atoms with Crippen molar-refractivity contribution in [2.75, 3.05) is 6.54 Å². The monoisotopic (exact) mass is 339 g/mol. The zero-order valence-corrected chi connectivity index (χ0v) is 14.3. The third kappa shape index (κ3) is 4.29. The van der Waals surface area contributed by atoms with E-state index >= 15 is 0 Å². The highest BCUT2D eigenvalue weighted by Crippen LogP contribution is 2.18. The van der Waals surface area contributed by atoms with E-state index < -0.39 is 0 Å². The average Bonchev–Trinajstić information content (AvgIpc) is 3.29. The number of hydrogen-bond donors (Lipinski definition) is 1. The molecule has 0 saturated heterocycles. The smallest absolute Gasteiger partial charge is 0.251 e. The molecular weight excluding hydrogens is 318 g/mol. The molecule has 6 nitrogen and oxygen atoms in total. The Morgan fingerprint density at radius 2 is 2.04 bits per heavy atom. The van der Waals surface area contributed by atoms with Gasteiger partial charge in [0.1, 0.15) is 17.6 Å². The largest absolute Gasteiger partial charge is 0.491 e. The second kappa shape index (κ2) is 7.70. The van der Waals surface area contributed by atoms with Crippen molar-refractivity contribution in [3.05, 3.63) is 72.4 Å². The minimum Gasteiger partial charge on any atom is -0.491 e. The van der Waals surface area contributed by atoms with Gasteiger partial charge in [0.15, 0.2) is 0 Å². The summed E-state index contributed by atoms with van der Waals surface area (Å²) in [6.45, 7) is 4.30. The van der Waals surface area contributed by atoms with Crippen molar-refractivity contribution in [1.82, 2.24) is 15.1 Å². The summed E-state index contributed by atoms with van der Waals surface area (Å²) < 4.78 is 12.8. The summed E-state index contributed by atoms with van der Waals surface area (Å²) in [6.07, 6.45) is 5.26. The number of benzene rings is 1. The summed E-state index contributed by atoms with van der Waals surface area (Å²) in [5, 5.41) is 7.19. The molecule has 0 bridgehead atoms. The van der Waals surface area contributed by atoms with Crippen molar-refractivity contribution in [2.24, 2.45) is 0 Å². The zero-order chi connectivity index (χ0) is 17.6. The van der Waals surface area contributed by atoms with E-state index in [0.717, 1.165) is 11.5 Å². The van der Waals surface area contributed by atoms with Crippen LogP contribution < -0.4 is 10.1 Å². The van der Waals surface area contributed by atoms with E-state index in [4.69, 9.17) is 9.15 Å². The summed E-state index contributed by atoms with van der Waals surface area (Å²) in [6, 6.07) is 12.4. The number of aromatic nitrogens is 2. The van der Waals surface area contributed by atoms with Gasteiger partial charge in [0.2, 0.25) is 0 Å². The van der Waals surface area contributed by atoms with Gasteiger partial charge in [0.25, 0.3) is 5.91 Å². The van der Waals surface area contributed by atoms with E-state index in [1.165, 1.54) is 0 Å². The SMILES string of the molecule is CC(C)Oc1ccc(C(=O)NCC(c2ccco2)n2cccn2)cc1. The maximum absolute atomic E-state index is 12.4. The quantitative estimate of drug-likeness (QED) is 0.717. The molecule has 1 N–H and O–H groups in total. The van der Waals surface area contributed by atoms with E-state index in [9.17, 15) is 4.79 Å². The molecule has 0 fully saturated rings. The van der Waals surface area contributed by atoms with Crippen molar-refractivity contribution in [3.8, 4) is 5.75 Å². The summed E-state index contributed by atoms with van der Waals surface area (Å²) >= 11 is 0. The molecule has 2 aromatic heterocycles. The molecule has 0 radical (unpaired) electrons. The molecule has 0 aliphatic carbocycles. The number of rotatable bonds is 7. The molecule has 1 atom stereocenters. The van der Waals surface area contributed by atoms with Crippen molar-refractivity contribution < 1.29 is 13.9 Å². The molecule has 0 spiro atoms. The second-order valence-corrected chi connectivity index (χ2v) is 5.92. The molecule has 6 heteroatoms. The molecule has 1 amide bonds. The molecule has 0 saturated carbocycles. The first-order valence-electron chi connectivity index (χ1n) is 8.21. The van der Waals surface area contributed by atoms with Gasteiger partial charge < -0.3 is 14.5 Å². The molecule has 2 heterocycles. The lowest BCUT2D eigenvalue weighted by Crippen LogP contribution is -2.31. The van der Waals surface area contributed by atoms with Crippen LogP contribution in [-0.2, 0) is 0 Å². The van der Waals surface area contributed by atoms with E-state index in [1.54, 1.807) is 41.4 Å². The molecular formula is C19H21N3O3. The summed E-state index contributed by atoms with van der Waals surface area (Å²) in [5.74, 6) is 1.33. The Labute approximate surface area is 146 Å². The van der Waals surface area contributed by atoms with Gasteiger partial charge in [-0.2, -0.15) is 5.10 Å². The maximum atomic E-state index is 12.4. The number of carbonyl (C=O) groups is 1. The first kappa shape index (κ1) is 16.8. The highest BCUT2D eigenvalue weighted by atomic mass is 16.5. The topological polar surface area (TPSA) is 69.3 Å². The first-order chi connectivity index (χ1) is 12.1. The Morgan fingerprint density at radius 3 is 2.64 bits per heavy atom. The Kier molecular flexibility index (Phi) is 5.18. The van der Waals surface area contributed by atoms with Gasteiger partial charge in [-0.1, -0.05) is 0 Å². The minimum atomic E-state index is -0.197. The van der Waals surface area contributed by atoms with E-state index in [1.807, 2.05) is 38.2 Å². The number of carbonyl (C=O) groups excluding carboxylic acids is 1. The second-order valence-electron chi connectivity index (χ2n) is 5.92. The van der Waals surface area contributed by atoms with Crippen LogP contribution in [0.15, 0.2) is 65.5 Å². The van der Waals surface area contributed by atoms with E-state index in [-0.39, 0.29) is 18.1 Å². The number of ether oxygens (including phenoxy) is 1. The third-order valence-corrected chi connectivity index (χ3v) is 3.66. The van der Waals surface area contributed by atoms with Crippen LogP contribution in [0.25, 0.3) is 0 Å². The summed E-state index contributed by atoms with van der Waals surface area (Å²) in [5.41, 5.74) is 0.578. The summed E-state index contributed by atoms with van der Waals surface area (Å²) in [4.78, 5) is 12.4. The zero-order valence-electron chi connectivity index (χ0n) is 14.3. The van der Waals surface area contributed by atoms with Crippen LogP contribution in [-0.4, -0.2) is 28.3 Å². The fourth-order valence-corrected chi connectivity index (χ4v) is 2.52. The molecule has 0 aliphatic rings. The minimum absolute atomic E-state index is 0.0998. The van der Waals surface area contributed by atoms with Crippen LogP contribution in [0.3, 0.4) is 0 Å². The Bertz CT molecular complexity index is 744. The normalized spacial score (nSPS) is 12.1. The fourth-order valence-electron chi connectivity index (χ4n) is 2.52. The molecule has 1 aromatic carbocycles. The average molecular weight is 339 g/mol. The molecule has 130 valence electrons. The van der Waals surface area contributed by atoms with Crippen molar-refractivity contribution >= 4 is 5.91 Å². The molecule has 1 unspecified atom stereocenters. The van der Waals surface area contributed by atoms with Crippen molar-refractivity contribution in [3.63, 3.8) is 0 Å². The fraction of sp³-hybridized carbons (Fsp3) is 0.263. The number of hydrogen-bond acceptors (Lipinski definition) is 4. The molecule has 3 rings (SSSR count). The number of nitrogens with one attached hydrogen (secondary N) is 1. The van der Waals surface area contributed by atoms with Gasteiger partial charge in [-0.15, -0.1) is 0 Å². The van der Waals surface area contributed by atoms with Gasteiger partial charge >= 0.3 is 0 Å². The Morgan fingerprint density at radius 1 is 1.24 bits per heavy atom. The Balaban J connectivity index is 1.65. The van der Waals surface area contributed by atoms with Crippen molar-refractivity contribution in [1.29, 1.82) is 0 Å². The van der Waals surface area contributed by atoms with Crippen LogP contribution in [0.5, 0.6) is 5.75 Å². The first-order valence-corrected chi connectivity index (χ1v) is 8.21. The van der Waals surface area contributed by atoms with Crippen LogP contribution in [0.1, 0.15) is 36.0 Å². The van der Waals surface area contributed by atoms with Crippen LogP contribution in [0, 0.1) is 0 Å². The van der Waals surface area contributed by atoms with E-state index in [2.05, 4.69) is 10.4 Å². The lowest BCUT2D eigenvalue weighted by Gasteiger charge is -2.16. The van der Waals surface area contributed by atoms with Gasteiger partial charge in [-0.05, 0) is 56.3 Å². The lowest BCUT2D eigenvalue weighted by atomic mass is 10.2. The predicted octanol–water partition coefficient (Wildman–Crippen LogP) is 3.28. The van der Waals surface area contributed by atoms with Crippen LogP contribution in [0.4, 0.5) is 0 Å². The Hall–Kier alpha value is -3.02. The predicted molar refractivity (Wildman–Crippen MR) is 93.6 cm³/mol. The lowest BCUT2D eigenvalue weighted by molar-refractivity contribution is 0.0948. The van der Waals surface area contributed by atoms with Gasteiger partial charge in [-0.25, -0.2) is 0 Å². The molecule has 0 aliphatic heterocycles. The molecule has 25 heavy (non-hydrogen) atoms. The standard InChI is InChI=1S/C19H21N3O3/c1-14(2)25-16-8-6-15(7-9-16)19(23)20-13-17(18-5-3-12-24-18)22-11-4-10-21-22/h3-12,14,17H,13H2,1-2H3,(H,20,23). The number of furan rings is 1. The van der Waals surface area contributed by atoms with Gasteiger partial charge in [0, 0.05) is 24.5 Å². The molecule has 3 aromatic rings. The van der Waals surface area contributed by atoms with Crippen LogP contribution >= 0.6 is 0 Å². The third-order valence-electron chi connectivity index (χ3n) is 3.66.